The van der Waals surface area contributed by atoms with E-state index in [4.69, 9.17) is 16.7 Å². The molecule has 2 unspecified atom stereocenters. The van der Waals surface area contributed by atoms with E-state index in [0.717, 1.165) is 5.56 Å². The van der Waals surface area contributed by atoms with Crippen LogP contribution >= 0.6 is 11.6 Å². The number of hydrogen-bond donors (Lipinski definition) is 1. The van der Waals surface area contributed by atoms with Crippen LogP contribution in [0.2, 0.25) is 5.02 Å². The smallest absolute Gasteiger partial charge is 0.219 e. The fourth-order valence-corrected chi connectivity index (χ4v) is 3.09. The molecule has 0 aliphatic carbocycles. The number of benzene rings is 1. The summed E-state index contributed by atoms with van der Waals surface area (Å²) in [5.74, 6) is 0. The van der Waals surface area contributed by atoms with E-state index in [1.54, 1.807) is 25.1 Å². The van der Waals surface area contributed by atoms with E-state index in [1.165, 1.54) is 18.3 Å². The Hall–Kier alpha value is -0.620. The number of rotatable bonds is 5. The summed E-state index contributed by atoms with van der Waals surface area (Å²) in [5.41, 5.74) is 0.818. The molecule has 4 nitrogen and oxygen atoms in total. The van der Waals surface area contributed by atoms with Gasteiger partial charge in [0.25, 0.3) is 0 Å². The van der Waals surface area contributed by atoms with Gasteiger partial charge in [-0.2, -0.15) is 4.31 Å². The summed E-state index contributed by atoms with van der Waals surface area (Å²) in [4.78, 5) is 0. The van der Waals surface area contributed by atoms with Crippen molar-refractivity contribution in [3.63, 3.8) is 0 Å². The van der Waals surface area contributed by atoms with Crippen LogP contribution in [0, 0.1) is 0 Å². The highest BCUT2D eigenvalue weighted by Crippen LogP contribution is 2.25. The van der Waals surface area contributed by atoms with Gasteiger partial charge in [0.1, 0.15) is 0 Å². The van der Waals surface area contributed by atoms with Crippen molar-refractivity contribution in [3.8, 4) is 0 Å². The lowest BCUT2D eigenvalue weighted by molar-refractivity contribution is 0.287. The van der Waals surface area contributed by atoms with Gasteiger partial charge in [-0.3, -0.25) is 0 Å². The SMILES string of the molecule is CC(c1cccc(Cl)c1)N(C)S(=O)(=O)C(C)CO. The standard InChI is InChI=1S/C12H18ClNO3S/c1-9(8-15)18(16,17)14(3)10(2)11-5-4-6-12(13)7-11/h4-7,9-10,15H,8H2,1-3H3. The lowest BCUT2D eigenvalue weighted by Gasteiger charge is -2.27. The fraction of sp³-hybridized carbons (Fsp3) is 0.500. The van der Waals surface area contributed by atoms with Gasteiger partial charge in [0.05, 0.1) is 11.9 Å². The van der Waals surface area contributed by atoms with Crippen LogP contribution < -0.4 is 0 Å². The predicted octanol–water partition coefficient (Wildman–Crippen LogP) is 2.04. The molecule has 0 aromatic heterocycles. The number of aliphatic hydroxyl groups is 1. The molecule has 0 amide bonds. The van der Waals surface area contributed by atoms with Crippen LogP contribution in [0.1, 0.15) is 25.5 Å². The van der Waals surface area contributed by atoms with Crippen LogP contribution in [0.3, 0.4) is 0 Å². The summed E-state index contributed by atoms with van der Waals surface area (Å²) in [5, 5.41) is 8.74. The third kappa shape index (κ3) is 3.23. The zero-order chi connectivity index (χ0) is 13.9. The molecule has 1 aromatic carbocycles. The molecule has 0 saturated carbocycles. The van der Waals surface area contributed by atoms with Gasteiger partial charge in [-0.15, -0.1) is 0 Å². The maximum absolute atomic E-state index is 12.1. The Morgan fingerprint density at radius 2 is 2.00 bits per heavy atom. The van der Waals surface area contributed by atoms with Gasteiger partial charge >= 0.3 is 0 Å². The quantitative estimate of drug-likeness (QED) is 0.903. The van der Waals surface area contributed by atoms with Crippen molar-refractivity contribution < 1.29 is 13.5 Å². The Bertz CT molecular complexity index is 504. The predicted molar refractivity (Wildman–Crippen MR) is 73.1 cm³/mol. The minimum absolute atomic E-state index is 0.331. The highest BCUT2D eigenvalue weighted by Gasteiger charge is 2.29. The van der Waals surface area contributed by atoms with Crippen molar-refractivity contribution in [2.24, 2.45) is 0 Å². The fourth-order valence-electron chi connectivity index (χ4n) is 1.57. The summed E-state index contributed by atoms with van der Waals surface area (Å²) >= 11 is 5.89. The average Bonchev–Trinajstić information content (AvgIpc) is 2.35. The molecule has 1 rings (SSSR count). The summed E-state index contributed by atoms with van der Waals surface area (Å²) in [6, 6.07) is 6.75. The average molecular weight is 292 g/mol. The molecule has 1 aromatic rings. The van der Waals surface area contributed by atoms with Crippen molar-refractivity contribution in [1.29, 1.82) is 0 Å². The summed E-state index contributed by atoms with van der Waals surface area (Å²) in [6.45, 7) is 2.87. The molecule has 6 heteroatoms. The second-order valence-electron chi connectivity index (χ2n) is 4.29. The first-order valence-electron chi connectivity index (χ1n) is 5.64. The van der Waals surface area contributed by atoms with E-state index in [1.807, 2.05) is 6.07 Å². The van der Waals surface area contributed by atoms with Crippen LogP contribution in [0.5, 0.6) is 0 Å². The topological polar surface area (TPSA) is 57.6 Å². The number of hydrogen-bond acceptors (Lipinski definition) is 3. The van der Waals surface area contributed by atoms with Gasteiger partial charge in [0.2, 0.25) is 10.0 Å². The van der Waals surface area contributed by atoms with E-state index in [-0.39, 0.29) is 6.04 Å². The van der Waals surface area contributed by atoms with Crippen molar-refractivity contribution in [2.75, 3.05) is 13.7 Å². The first-order chi connectivity index (χ1) is 8.30. The first-order valence-corrected chi connectivity index (χ1v) is 7.52. The Morgan fingerprint density at radius 3 is 2.50 bits per heavy atom. The molecule has 1 N–H and O–H groups in total. The molecule has 0 spiro atoms. The van der Waals surface area contributed by atoms with Crippen molar-refractivity contribution in [1.82, 2.24) is 4.31 Å². The maximum atomic E-state index is 12.1. The molecule has 0 fully saturated rings. The van der Waals surface area contributed by atoms with E-state index < -0.39 is 21.9 Å². The molecule has 0 aliphatic heterocycles. The van der Waals surface area contributed by atoms with E-state index in [9.17, 15) is 8.42 Å². The zero-order valence-electron chi connectivity index (χ0n) is 10.7. The molecule has 0 saturated heterocycles. The minimum atomic E-state index is -3.51. The molecule has 2 atom stereocenters. The lowest BCUT2D eigenvalue weighted by atomic mass is 10.1. The molecule has 0 heterocycles. The van der Waals surface area contributed by atoms with E-state index >= 15 is 0 Å². The second kappa shape index (κ2) is 6.02. The molecular formula is C12H18ClNO3S. The minimum Gasteiger partial charge on any atom is -0.395 e. The Labute approximate surface area is 113 Å². The van der Waals surface area contributed by atoms with Crippen LogP contribution in [0.4, 0.5) is 0 Å². The van der Waals surface area contributed by atoms with Crippen LogP contribution in [0.25, 0.3) is 0 Å². The molecule has 0 bridgehead atoms. The van der Waals surface area contributed by atoms with Crippen molar-refractivity contribution in [2.45, 2.75) is 25.1 Å². The third-order valence-corrected chi connectivity index (χ3v) is 5.56. The van der Waals surface area contributed by atoms with Crippen LogP contribution in [-0.4, -0.2) is 36.7 Å². The largest absolute Gasteiger partial charge is 0.395 e. The zero-order valence-corrected chi connectivity index (χ0v) is 12.2. The van der Waals surface area contributed by atoms with Gasteiger partial charge in [0.15, 0.2) is 0 Å². The molecule has 18 heavy (non-hydrogen) atoms. The molecule has 102 valence electrons. The summed E-state index contributed by atoms with van der Waals surface area (Å²) < 4.78 is 25.5. The van der Waals surface area contributed by atoms with Crippen molar-refractivity contribution >= 4 is 21.6 Å². The highest BCUT2D eigenvalue weighted by molar-refractivity contribution is 7.89. The molecule has 0 aliphatic rings. The third-order valence-electron chi connectivity index (χ3n) is 3.04. The molecular weight excluding hydrogens is 274 g/mol. The van der Waals surface area contributed by atoms with E-state index in [0.29, 0.717) is 5.02 Å². The number of aliphatic hydroxyl groups excluding tert-OH is 1. The number of nitrogens with zero attached hydrogens (tertiary/aromatic N) is 1. The van der Waals surface area contributed by atoms with Gasteiger partial charge in [-0.1, -0.05) is 23.7 Å². The highest BCUT2D eigenvalue weighted by atomic mass is 35.5. The van der Waals surface area contributed by atoms with Gasteiger partial charge in [-0.05, 0) is 31.5 Å². The van der Waals surface area contributed by atoms with Crippen LogP contribution in [0.15, 0.2) is 24.3 Å². The van der Waals surface area contributed by atoms with Gasteiger partial charge in [-0.25, -0.2) is 8.42 Å². The number of sulfonamides is 1. The normalized spacial score (nSPS) is 15.7. The second-order valence-corrected chi connectivity index (χ2v) is 7.13. The van der Waals surface area contributed by atoms with Crippen LogP contribution in [-0.2, 0) is 10.0 Å². The van der Waals surface area contributed by atoms with E-state index in [2.05, 4.69) is 0 Å². The lowest BCUT2D eigenvalue weighted by Crippen LogP contribution is -2.38. The monoisotopic (exact) mass is 291 g/mol. The first kappa shape index (κ1) is 15.4. The summed E-state index contributed by atoms with van der Waals surface area (Å²) in [6.07, 6.45) is 0. The Kier molecular flexibility index (Phi) is 5.16. The number of halogens is 1. The summed E-state index contributed by atoms with van der Waals surface area (Å²) in [7, 11) is -2.00. The van der Waals surface area contributed by atoms with Gasteiger partial charge < -0.3 is 5.11 Å². The maximum Gasteiger partial charge on any atom is 0.219 e. The molecule has 0 radical (unpaired) electrons. The Balaban J connectivity index is 3.01. The van der Waals surface area contributed by atoms with Gasteiger partial charge in [0, 0.05) is 18.1 Å². The van der Waals surface area contributed by atoms with Crippen molar-refractivity contribution in [3.05, 3.63) is 34.9 Å². The Morgan fingerprint density at radius 1 is 1.39 bits per heavy atom.